The van der Waals surface area contributed by atoms with Gasteiger partial charge >= 0.3 is 5.69 Å². The number of nitrogens with zero attached hydrogens (tertiary/aromatic N) is 6. The van der Waals surface area contributed by atoms with Crippen LogP contribution >= 0.6 is 11.6 Å². The van der Waals surface area contributed by atoms with E-state index in [2.05, 4.69) is 16.2 Å². The molecule has 1 amide bonds. The second kappa shape index (κ2) is 7.36. The van der Waals surface area contributed by atoms with Crippen molar-refractivity contribution in [3.05, 3.63) is 45.1 Å². The molecule has 1 saturated heterocycles. The molecule has 2 aliphatic heterocycles. The van der Waals surface area contributed by atoms with E-state index < -0.39 is 23.6 Å². The minimum atomic E-state index is -0.679. The van der Waals surface area contributed by atoms with Crippen LogP contribution in [0.4, 0.5) is 4.39 Å². The van der Waals surface area contributed by atoms with Crippen molar-refractivity contribution in [1.82, 2.24) is 24.2 Å². The van der Waals surface area contributed by atoms with Crippen LogP contribution in [0.15, 0.2) is 17.1 Å². The summed E-state index contributed by atoms with van der Waals surface area (Å²) in [5.41, 5.74) is -0.425. The molecule has 4 heterocycles. The summed E-state index contributed by atoms with van der Waals surface area (Å²) in [7, 11) is 0. The van der Waals surface area contributed by atoms with E-state index in [0.717, 1.165) is 17.2 Å². The lowest BCUT2D eigenvalue weighted by molar-refractivity contribution is -0.135. The van der Waals surface area contributed by atoms with Crippen LogP contribution in [-0.4, -0.2) is 42.7 Å². The fraction of sp³-hybridized carbons (Fsp3) is 0.500. The summed E-state index contributed by atoms with van der Waals surface area (Å²) in [4.78, 5) is 31.5. The highest BCUT2D eigenvalue weighted by atomic mass is 35.5. The molecule has 2 unspecified atom stereocenters. The maximum atomic E-state index is 14.1. The maximum absolute atomic E-state index is 14.1. The second-order valence-corrected chi connectivity index (χ2v) is 7.47. The Morgan fingerprint density at radius 3 is 2.96 bits per heavy atom. The molecular weight excluding hydrogens is 387 g/mol. The van der Waals surface area contributed by atoms with Gasteiger partial charge in [-0.15, -0.1) is 0 Å². The number of carbonyl (C=O) groups is 1. The number of halogens is 2. The molecule has 0 radical (unpaired) electrons. The van der Waals surface area contributed by atoms with Crippen LogP contribution in [0.25, 0.3) is 0 Å². The highest BCUT2D eigenvalue weighted by molar-refractivity contribution is 6.30. The molecule has 8 nitrogen and oxygen atoms in total. The van der Waals surface area contributed by atoms with Crippen molar-refractivity contribution < 1.29 is 9.18 Å². The Bertz CT molecular complexity index is 1030. The molecule has 28 heavy (non-hydrogen) atoms. The van der Waals surface area contributed by atoms with Gasteiger partial charge in [-0.2, -0.15) is 10.4 Å². The van der Waals surface area contributed by atoms with Gasteiger partial charge in [0.15, 0.2) is 0 Å². The smallest absolute Gasteiger partial charge is 0.325 e. The third kappa shape index (κ3) is 3.18. The van der Waals surface area contributed by atoms with Crippen LogP contribution in [0.1, 0.15) is 43.2 Å². The zero-order chi connectivity index (χ0) is 19.8. The average Bonchev–Trinajstić information content (AvgIpc) is 3.28. The van der Waals surface area contributed by atoms with E-state index in [0.29, 0.717) is 38.1 Å². The number of aryl methyl sites for hydroxylation is 1. The van der Waals surface area contributed by atoms with Gasteiger partial charge in [-0.05, 0) is 31.7 Å². The Hall–Kier alpha value is -2.73. The number of likely N-dealkylation sites (tertiary alicyclic amines) is 1. The average molecular weight is 405 g/mol. The van der Waals surface area contributed by atoms with E-state index in [-0.39, 0.29) is 23.2 Å². The van der Waals surface area contributed by atoms with Crippen LogP contribution in [0.2, 0.25) is 5.02 Å². The minimum absolute atomic E-state index is 0.0499. The van der Waals surface area contributed by atoms with Crippen molar-refractivity contribution in [2.45, 2.75) is 50.7 Å². The van der Waals surface area contributed by atoms with E-state index in [1.807, 2.05) is 0 Å². The number of aromatic nitrogens is 4. The van der Waals surface area contributed by atoms with Gasteiger partial charge in [-0.25, -0.2) is 13.9 Å². The fourth-order valence-corrected chi connectivity index (χ4v) is 4.07. The highest BCUT2D eigenvalue weighted by Gasteiger charge is 2.37. The number of pyridine rings is 1. The van der Waals surface area contributed by atoms with Gasteiger partial charge in [-0.1, -0.05) is 11.6 Å². The Balaban J connectivity index is 1.66. The van der Waals surface area contributed by atoms with Crippen molar-refractivity contribution in [1.29, 1.82) is 5.26 Å². The maximum Gasteiger partial charge on any atom is 0.347 e. The van der Waals surface area contributed by atoms with E-state index in [4.69, 9.17) is 11.6 Å². The van der Waals surface area contributed by atoms with Crippen LogP contribution in [0, 0.1) is 17.1 Å². The van der Waals surface area contributed by atoms with Crippen molar-refractivity contribution in [3.63, 3.8) is 0 Å². The molecule has 2 aromatic rings. The fourth-order valence-electron chi connectivity index (χ4n) is 3.93. The molecule has 0 aromatic carbocycles. The first-order chi connectivity index (χ1) is 13.5. The SMILES string of the molecule is N#CC1CCCN1C(=O)C1CCCc2nn(Cc3ncc(Cl)cc3F)c(=O)n21. The quantitative estimate of drug-likeness (QED) is 0.775. The first kappa shape index (κ1) is 18.6. The molecule has 2 aliphatic rings. The van der Waals surface area contributed by atoms with Gasteiger partial charge in [-0.3, -0.25) is 14.3 Å². The molecular formula is C18H18ClFN6O2. The summed E-state index contributed by atoms with van der Waals surface area (Å²) in [5, 5.41) is 13.7. The van der Waals surface area contributed by atoms with Gasteiger partial charge in [0.05, 0.1) is 23.3 Å². The summed E-state index contributed by atoms with van der Waals surface area (Å²) in [6.07, 6.45) is 4.52. The molecule has 0 aliphatic carbocycles. The molecule has 0 bridgehead atoms. The first-order valence-electron chi connectivity index (χ1n) is 9.18. The predicted octanol–water partition coefficient (Wildman–Crippen LogP) is 1.67. The standard InChI is InChI=1S/C18H18ClFN6O2/c19-11-7-13(20)14(22-9-11)10-25-18(28)26-15(4-1-5-16(26)23-25)17(27)24-6-2-3-12(24)8-21/h7,9,12,15H,1-6,10H2. The predicted molar refractivity (Wildman–Crippen MR) is 97.1 cm³/mol. The molecule has 10 heteroatoms. The third-order valence-corrected chi connectivity index (χ3v) is 5.49. The Kier molecular flexibility index (Phi) is 4.89. The van der Waals surface area contributed by atoms with Crippen molar-refractivity contribution in [3.8, 4) is 6.07 Å². The largest absolute Gasteiger partial charge is 0.347 e. The highest BCUT2D eigenvalue weighted by Crippen LogP contribution is 2.27. The molecule has 146 valence electrons. The van der Waals surface area contributed by atoms with E-state index in [9.17, 15) is 19.2 Å². The van der Waals surface area contributed by atoms with Gasteiger partial charge < -0.3 is 4.90 Å². The van der Waals surface area contributed by atoms with Gasteiger partial charge in [0.25, 0.3) is 0 Å². The van der Waals surface area contributed by atoms with Crippen molar-refractivity contribution >= 4 is 17.5 Å². The third-order valence-electron chi connectivity index (χ3n) is 5.28. The van der Waals surface area contributed by atoms with Gasteiger partial charge in [0.2, 0.25) is 5.91 Å². The van der Waals surface area contributed by atoms with E-state index in [1.165, 1.54) is 10.8 Å². The number of carbonyl (C=O) groups excluding carboxylic acids is 1. The Morgan fingerprint density at radius 2 is 2.21 bits per heavy atom. The van der Waals surface area contributed by atoms with Crippen molar-refractivity contribution in [2.75, 3.05) is 6.54 Å². The number of fused-ring (bicyclic) bond motifs is 1. The Labute approximate surface area is 165 Å². The second-order valence-electron chi connectivity index (χ2n) is 7.04. The van der Waals surface area contributed by atoms with Gasteiger partial charge in [0.1, 0.15) is 23.7 Å². The van der Waals surface area contributed by atoms with Crippen LogP contribution in [0.3, 0.4) is 0 Å². The summed E-state index contributed by atoms with van der Waals surface area (Å²) in [6, 6.07) is 2.16. The summed E-state index contributed by atoms with van der Waals surface area (Å²) in [6.45, 7) is 0.374. The number of hydrogen-bond acceptors (Lipinski definition) is 5. The lowest BCUT2D eigenvalue weighted by Crippen LogP contribution is -2.44. The summed E-state index contributed by atoms with van der Waals surface area (Å²) < 4.78 is 16.6. The summed E-state index contributed by atoms with van der Waals surface area (Å²) in [5.74, 6) is -0.342. The zero-order valence-electron chi connectivity index (χ0n) is 15.0. The number of amides is 1. The lowest BCUT2D eigenvalue weighted by Gasteiger charge is -2.28. The zero-order valence-corrected chi connectivity index (χ0v) is 15.8. The molecule has 0 spiro atoms. The monoisotopic (exact) mass is 404 g/mol. The molecule has 4 rings (SSSR count). The number of hydrogen-bond donors (Lipinski definition) is 0. The first-order valence-corrected chi connectivity index (χ1v) is 9.55. The molecule has 1 fully saturated rings. The number of rotatable bonds is 3. The summed E-state index contributed by atoms with van der Waals surface area (Å²) >= 11 is 5.72. The van der Waals surface area contributed by atoms with Gasteiger partial charge in [0, 0.05) is 19.2 Å². The normalized spacial score (nSPS) is 21.4. The van der Waals surface area contributed by atoms with Crippen LogP contribution in [-0.2, 0) is 17.8 Å². The molecule has 2 atom stereocenters. The number of nitriles is 1. The van der Waals surface area contributed by atoms with Crippen LogP contribution < -0.4 is 5.69 Å². The van der Waals surface area contributed by atoms with E-state index >= 15 is 0 Å². The van der Waals surface area contributed by atoms with Crippen molar-refractivity contribution in [2.24, 2.45) is 0 Å². The van der Waals surface area contributed by atoms with E-state index in [1.54, 1.807) is 4.90 Å². The minimum Gasteiger partial charge on any atom is -0.325 e. The topological polar surface area (TPSA) is 96.8 Å². The van der Waals surface area contributed by atoms with Crippen LogP contribution in [0.5, 0.6) is 0 Å². The molecule has 0 N–H and O–H groups in total. The lowest BCUT2D eigenvalue weighted by atomic mass is 10.0. The Morgan fingerprint density at radius 1 is 1.39 bits per heavy atom. The molecule has 2 aromatic heterocycles. The molecule has 0 saturated carbocycles.